The number of nitrogens with two attached hydrogens (primary N) is 2. The van der Waals surface area contributed by atoms with Crippen molar-refractivity contribution in [1.82, 2.24) is 5.32 Å². The van der Waals surface area contributed by atoms with Crippen molar-refractivity contribution in [3.8, 4) is 0 Å². The van der Waals surface area contributed by atoms with Crippen LogP contribution in [0.4, 0.5) is 11.4 Å². The highest BCUT2D eigenvalue weighted by molar-refractivity contribution is 5.94. The van der Waals surface area contributed by atoms with Gasteiger partial charge in [0.2, 0.25) is 0 Å². The highest BCUT2D eigenvalue weighted by Crippen LogP contribution is 2.15. The van der Waals surface area contributed by atoms with E-state index in [-0.39, 0.29) is 5.56 Å². The van der Waals surface area contributed by atoms with Crippen LogP contribution in [-0.4, -0.2) is 38.2 Å². The zero-order valence-electron chi connectivity index (χ0n) is 11.5. The SMILES string of the molecule is COCCNC(=O)C(C)OC(=O)c1cc(N)cc(N)c1. The first-order valence-electron chi connectivity index (χ1n) is 6.07. The van der Waals surface area contributed by atoms with Gasteiger partial charge in [0.25, 0.3) is 5.91 Å². The second-order valence-electron chi connectivity index (χ2n) is 4.22. The normalized spacial score (nSPS) is 11.7. The number of amides is 1. The molecule has 0 radical (unpaired) electrons. The third-order valence-corrected chi connectivity index (χ3v) is 2.47. The highest BCUT2D eigenvalue weighted by atomic mass is 16.5. The Morgan fingerprint density at radius 2 is 1.85 bits per heavy atom. The average Bonchev–Trinajstić information content (AvgIpc) is 2.37. The van der Waals surface area contributed by atoms with Gasteiger partial charge in [-0.05, 0) is 25.1 Å². The molecule has 0 aliphatic carbocycles. The van der Waals surface area contributed by atoms with Gasteiger partial charge < -0.3 is 26.3 Å². The third kappa shape index (κ3) is 4.77. The van der Waals surface area contributed by atoms with Crippen LogP contribution in [0.1, 0.15) is 17.3 Å². The molecular weight excluding hydrogens is 262 g/mol. The number of carbonyl (C=O) groups excluding carboxylic acids is 2. The fourth-order valence-corrected chi connectivity index (χ4v) is 1.50. The van der Waals surface area contributed by atoms with Crippen molar-refractivity contribution in [2.75, 3.05) is 31.7 Å². The Hall–Kier alpha value is -2.28. The quantitative estimate of drug-likeness (QED) is 0.388. The molecule has 1 atom stereocenters. The second-order valence-corrected chi connectivity index (χ2v) is 4.22. The van der Waals surface area contributed by atoms with Crippen LogP contribution in [-0.2, 0) is 14.3 Å². The molecule has 0 fully saturated rings. The van der Waals surface area contributed by atoms with E-state index >= 15 is 0 Å². The molecule has 1 rings (SSSR count). The summed E-state index contributed by atoms with van der Waals surface area (Å²) in [5, 5.41) is 2.57. The summed E-state index contributed by atoms with van der Waals surface area (Å²) in [5.41, 5.74) is 12.1. The summed E-state index contributed by atoms with van der Waals surface area (Å²) in [6.45, 7) is 2.22. The molecule has 5 N–H and O–H groups in total. The van der Waals surface area contributed by atoms with Crippen LogP contribution < -0.4 is 16.8 Å². The monoisotopic (exact) mass is 281 g/mol. The van der Waals surface area contributed by atoms with Gasteiger partial charge in [0, 0.05) is 25.0 Å². The van der Waals surface area contributed by atoms with Gasteiger partial charge in [-0.1, -0.05) is 0 Å². The summed E-state index contributed by atoms with van der Waals surface area (Å²) in [6, 6.07) is 4.40. The lowest BCUT2D eigenvalue weighted by atomic mass is 10.2. The summed E-state index contributed by atoms with van der Waals surface area (Å²) in [7, 11) is 1.53. The summed E-state index contributed by atoms with van der Waals surface area (Å²) in [6.07, 6.45) is -0.915. The maximum atomic E-state index is 11.9. The van der Waals surface area contributed by atoms with Crippen molar-refractivity contribution in [3.63, 3.8) is 0 Å². The molecule has 1 aromatic rings. The van der Waals surface area contributed by atoms with Gasteiger partial charge in [0.1, 0.15) is 0 Å². The van der Waals surface area contributed by atoms with Gasteiger partial charge in [0.15, 0.2) is 6.10 Å². The summed E-state index contributed by atoms with van der Waals surface area (Å²) in [4.78, 5) is 23.5. The molecule has 0 aliphatic rings. The maximum Gasteiger partial charge on any atom is 0.339 e. The molecule has 1 unspecified atom stereocenters. The molecule has 0 bridgehead atoms. The van der Waals surface area contributed by atoms with Crippen LogP contribution >= 0.6 is 0 Å². The standard InChI is InChI=1S/C13H19N3O4/c1-8(12(17)16-3-4-19-2)20-13(18)9-5-10(14)7-11(15)6-9/h5-8H,3-4,14-15H2,1-2H3,(H,16,17). The second kappa shape index (κ2) is 7.34. The van der Waals surface area contributed by atoms with Gasteiger partial charge in [-0.15, -0.1) is 0 Å². The minimum absolute atomic E-state index is 0.207. The van der Waals surface area contributed by atoms with E-state index in [0.29, 0.717) is 24.5 Å². The Morgan fingerprint density at radius 3 is 2.40 bits per heavy atom. The molecule has 1 aromatic carbocycles. The molecule has 0 heterocycles. The number of esters is 1. The molecule has 1 amide bonds. The molecule has 0 aliphatic heterocycles. The third-order valence-electron chi connectivity index (χ3n) is 2.47. The van der Waals surface area contributed by atoms with Gasteiger partial charge in [-0.25, -0.2) is 4.79 Å². The lowest BCUT2D eigenvalue weighted by molar-refractivity contribution is -0.129. The van der Waals surface area contributed by atoms with E-state index in [1.807, 2.05) is 0 Å². The number of rotatable bonds is 6. The number of ether oxygens (including phenoxy) is 2. The Kier molecular flexibility index (Phi) is 5.79. The van der Waals surface area contributed by atoms with Crippen molar-refractivity contribution in [2.24, 2.45) is 0 Å². The van der Waals surface area contributed by atoms with Crippen LogP contribution in [0.2, 0.25) is 0 Å². The van der Waals surface area contributed by atoms with Crippen molar-refractivity contribution in [1.29, 1.82) is 0 Å². The summed E-state index contributed by atoms with van der Waals surface area (Å²) >= 11 is 0. The van der Waals surface area contributed by atoms with Crippen LogP contribution in [0.15, 0.2) is 18.2 Å². The molecule has 0 spiro atoms. The van der Waals surface area contributed by atoms with Gasteiger partial charge >= 0.3 is 5.97 Å². The Labute approximate surface area is 117 Å². The summed E-state index contributed by atoms with van der Waals surface area (Å²) in [5.74, 6) is -1.05. The molecule has 7 nitrogen and oxygen atoms in total. The minimum Gasteiger partial charge on any atom is -0.449 e. The number of hydrogen-bond donors (Lipinski definition) is 3. The number of carbonyl (C=O) groups is 2. The molecule has 0 saturated heterocycles. The number of methoxy groups -OCH3 is 1. The first-order valence-corrected chi connectivity index (χ1v) is 6.07. The van der Waals surface area contributed by atoms with Crippen molar-refractivity contribution in [3.05, 3.63) is 23.8 Å². The Morgan fingerprint density at radius 1 is 1.25 bits per heavy atom. The number of anilines is 2. The fraction of sp³-hybridized carbons (Fsp3) is 0.385. The van der Waals surface area contributed by atoms with Gasteiger partial charge in [-0.3, -0.25) is 4.79 Å². The maximum absolute atomic E-state index is 11.9. The number of hydrogen-bond acceptors (Lipinski definition) is 6. The average molecular weight is 281 g/mol. The predicted octanol–water partition coefficient (Wildman–Crippen LogP) is 0.159. The van der Waals surface area contributed by atoms with Crippen LogP contribution in [0.3, 0.4) is 0 Å². The van der Waals surface area contributed by atoms with E-state index in [1.54, 1.807) is 0 Å². The number of benzene rings is 1. The van der Waals surface area contributed by atoms with Gasteiger partial charge in [-0.2, -0.15) is 0 Å². The van der Waals surface area contributed by atoms with E-state index in [1.165, 1.54) is 32.2 Å². The zero-order valence-corrected chi connectivity index (χ0v) is 11.5. The lowest BCUT2D eigenvalue weighted by Gasteiger charge is -2.13. The fourth-order valence-electron chi connectivity index (χ4n) is 1.50. The van der Waals surface area contributed by atoms with Crippen LogP contribution in [0.25, 0.3) is 0 Å². The molecule has 0 saturated carbocycles. The summed E-state index contributed by atoms with van der Waals surface area (Å²) < 4.78 is 9.83. The van der Waals surface area contributed by atoms with Crippen LogP contribution in [0, 0.1) is 0 Å². The van der Waals surface area contributed by atoms with E-state index in [9.17, 15) is 9.59 Å². The largest absolute Gasteiger partial charge is 0.449 e. The number of nitrogen functional groups attached to an aromatic ring is 2. The Balaban J connectivity index is 2.58. The van der Waals surface area contributed by atoms with E-state index in [2.05, 4.69) is 5.32 Å². The smallest absolute Gasteiger partial charge is 0.339 e. The van der Waals surface area contributed by atoms with E-state index in [0.717, 1.165) is 0 Å². The first kappa shape index (κ1) is 15.8. The molecule has 0 aromatic heterocycles. The van der Waals surface area contributed by atoms with Gasteiger partial charge in [0.05, 0.1) is 12.2 Å². The minimum atomic E-state index is -0.915. The topological polar surface area (TPSA) is 117 Å². The molecular formula is C13H19N3O4. The van der Waals surface area contributed by atoms with Crippen molar-refractivity contribution in [2.45, 2.75) is 13.0 Å². The molecule has 110 valence electrons. The zero-order chi connectivity index (χ0) is 15.1. The van der Waals surface area contributed by atoms with E-state index < -0.39 is 18.0 Å². The first-order chi connectivity index (χ1) is 9.43. The Bertz CT molecular complexity index is 470. The van der Waals surface area contributed by atoms with Crippen LogP contribution in [0.5, 0.6) is 0 Å². The van der Waals surface area contributed by atoms with E-state index in [4.69, 9.17) is 20.9 Å². The lowest BCUT2D eigenvalue weighted by Crippen LogP contribution is -2.37. The predicted molar refractivity (Wildman–Crippen MR) is 75.0 cm³/mol. The van der Waals surface area contributed by atoms with Crippen molar-refractivity contribution < 1.29 is 19.1 Å². The molecule has 7 heteroatoms. The molecule has 20 heavy (non-hydrogen) atoms. The van der Waals surface area contributed by atoms with Crippen molar-refractivity contribution >= 4 is 23.3 Å². The highest BCUT2D eigenvalue weighted by Gasteiger charge is 2.18. The number of nitrogens with one attached hydrogen (secondary N) is 1.